The number of benzene rings is 2. The second-order valence-corrected chi connectivity index (χ2v) is 18.3. The van der Waals surface area contributed by atoms with E-state index < -0.39 is 6.09 Å². The number of fused-ring (bicyclic) bond motifs is 3. The normalized spacial score (nSPS) is 12.2. The minimum absolute atomic E-state index is 0.0478. The number of amides is 1. The fraction of sp³-hybridized carbons (Fsp3) is 0.776. The second kappa shape index (κ2) is 50.1. The molecule has 2 aromatic rings. The van der Waals surface area contributed by atoms with Crippen molar-refractivity contribution in [3.63, 3.8) is 0 Å². The first kappa shape index (κ1) is 64.5. The Morgan fingerprint density at radius 1 is 0.342 bits per heavy atom. The molecule has 0 aromatic heterocycles. The molecule has 73 heavy (non-hydrogen) atoms. The summed E-state index contributed by atoms with van der Waals surface area (Å²) < 4.78 is 72.4. The SMILES string of the molecule is CCCCCCCCCCCCCCCCCCOCCOCCOCCOCCOCCOCCOCCOCCOCCOCCOCCOCCCNC(=O)OCC1c2ccccc2-c2ccccc21. The molecule has 0 saturated carbocycles. The van der Waals surface area contributed by atoms with Crippen molar-refractivity contribution in [2.45, 2.75) is 122 Å². The van der Waals surface area contributed by atoms with Gasteiger partial charge in [0.15, 0.2) is 0 Å². The monoisotopic (exact) mass is 1030 g/mol. The molecule has 2 aromatic carbocycles. The van der Waals surface area contributed by atoms with E-state index in [1.165, 1.54) is 119 Å². The van der Waals surface area contributed by atoms with Crippen LogP contribution in [0, 0.1) is 0 Å². The van der Waals surface area contributed by atoms with E-state index in [2.05, 4.69) is 36.5 Å². The van der Waals surface area contributed by atoms with Gasteiger partial charge in [-0.3, -0.25) is 0 Å². The molecule has 0 heterocycles. The molecule has 420 valence electrons. The molecule has 0 unspecified atom stereocenters. The Morgan fingerprint density at radius 3 is 0.918 bits per heavy atom. The van der Waals surface area contributed by atoms with Crippen LogP contribution in [0.3, 0.4) is 0 Å². The highest BCUT2D eigenvalue weighted by Gasteiger charge is 2.29. The van der Waals surface area contributed by atoms with Gasteiger partial charge in [0.1, 0.15) is 6.61 Å². The number of carbonyl (C=O) groups excluding carboxylic acids is 1. The zero-order valence-electron chi connectivity index (χ0n) is 45.3. The zero-order chi connectivity index (χ0) is 51.4. The molecule has 0 aliphatic heterocycles. The molecule has 15 heteroatoms. The van der Waals surface area contributed by atoms with Crippen molar-refractivity contribution in [3.8, 4) is 11.1 Å². The minimum Gasteiger partial charge on any atom is -0.449 e. The van der Waals surface area contributed by atoms with Crippen LogP contribution >= 0.6 is 0 Å². The van der Waals surface area contributed by atoms with E-state index in [1.807, 2.05) is 24.3 Å². The minimum atomic E-state index is -0.414. The first-order chi connectivity index (χ1) is 36.3. The van der Waals surface area contributed by atoms with Gasteiger partial charge in [-0.15, -0.1) is 0 Å². The van der Waals surface area contributed by atoms with Crippen LogP contribution in [0.1, 0.15) is 133 Å². The summed E-state index contributed by atoms with van der Waals surface area (Å²) in [6, 6.07) is 16.6. The number of rotatable bonds is 56. The van der Waals surface area contributed by atoms with Gasteiger partial charge in [-0.25, -0.2) is 4.79 Å². The van der Waals surface area contributed by atoms with Crippen LogP contribution in [0.15, 0.2) is 48.5 Å². The number of ether oxygens (including phenoxy) is 13. The number of hydrogen-bond acceptors (Lipinski definition) is 14. The molecule has 1 amide bonds. The molecule has 3 rings (SSSR count). The van der Waals surface area contributed by atoms with Gasteiger partial charge in [0.25, 0.3) is 0 Å². The molecule has 1 N–H and O–H groups in total. The van der Waals surface area contributed by atoms with Crippen LogP contribution in [0.2, 0.25) is 0 Å². The highest BCUT2D eigenvalue weighted by atomic mass is 16.6. The maximum absolute atomic E-state index is 12.3. The average Bonchev–Trinajstić information content (AvgIpc) is 3.73. The van der Waals surface area contributed by atoms with Crippen LogP contribution in [-0.2, 0) is 61.6 Å². The third-order valence-electron chi connectivity index (χ3n) is 12.3. The summed E-state index contributed by atoms with van der Waals surface area (Å²) >= 11 is 0. The van der Waals surface area contributed by atoms with Gasteiger partial charge in [-0.1, -0.05) is 152 Å². The third kappa shape index (κ3) is 36.8. The number of hydrogen-bond donors (Lipinski definition) is 1. The lowest BCUT2D eigenvalue weighted by molar-refractivity contribution is -0.0283. The molecule has 1 aliphatic carbocycles. The highest BCUT2D eigenvalue weighted by Crippen LogP contribution is 2.44. The van der Waals surface area contributed by atoms with Gasteiger partial charge >= 0.3 is 6.09 Å². The Hall–Kier alpha value is -2.77. The van der Waals surface area contributed by atoms with E-state index >= 15 is 0 Å². The smallest absolute Gasteiger partial charge is 0.407 e. The number of carbonyl (C=O) groups is 1. The molecule has 0 saturated heterocycles. The topological polar surface area (TPSA) is 149 Å². The fourth-order valence-corrected chi connectivity index (χ4v) is 8.29. The van der Waals surface area contributed by atoms with E-state index in [1.54, 1.807) is 0 Å². The number of alkyl carbamates (subject to hydrolysis) is 1. The number of unbranched alkanes of at least 4 members (excludes halogenated alkanes) is 15. The van der Waals surface area contributed by atoms with Crippen LogP contribution in [-0.4, -0.2) is 178 Å². The van der Waals surface area contributed by atoms with Crippen molar-refractivity contribution in [2.75, 3.05) is 172 Å². The molecule has 0 atom stereocenters. The molecular weight excluding hydrogens is 935 g/mol. The van der Waals surface area contributed by atoms with Crippen molar-refractivity contribution in [1.82, 2.24) is 5.32 Å². The summed E-state index contributed by atoms with van der Waals surface area (Å²) in [5, 5.41) is 2.81. The maximum atomic E-state index is 12.3. The molecule has 15 nitrogen and oxygen atoms in total. The molecule has 0 radical (unpaired) electrons. The summed E-state index contributed by atoms with van der Waals surface area (Å²) in [6.45, 7) is 15.8. The largest absolute Gasteiger partial charge is 0.449 e. The van der Waals surface area contributed by atoms with E-state index in [9.17, 15) is 4.79 Å². The van der Waals surface area contributed by atoms with Crippen molar-refractivity contribution in [1.29, 1.82) is 0 Å². The second-order valence-electron chi connectivity index (χ2n) is 18.3. The standard InChI is InChI=1S/C58H99NO14/c1-2-3-4-5-6-7-8-9-10-11-12-13-14-15-16-21-28-61-30-32-63-34-36-65-38-40-67-42-44-69-46-48-71-50-51-72-49-47-70-45-43-68-41-39-66-37-35-64-33-31-62-29-22-27-59-58(60)73-52-57-55-25-19-17-23-53(55)54-24-18-20-26-56(54)57/h17-20,23-26,57H,2-16,21-22,27-52H2,1H3,(H,59,60). The van der Waals surface area contributed by atoms with Crippen molar-refractivity contribution >= 4 is 6.09 Å². The predicted octanol–water partition coefficient (Wildman–Crippen LogP) is 10.4. The van der Waals surface area contributed by atoms with Crippen LogP contribution in [0.5, 0.6) is 0 Å². The summed E-state index contributed by atoms with van der Waals surface area (Å²) in [4.78, 5) is 12.3. The molecule has 0 fully saturated rings. The van der Waals surface area contributed by atoms with E-state index in [0.29, 0.717) is 172 Å². The van der Waals surface area contributed by atoms with Gasteiger partial charge in [0.05, 0.1) is 145 Å². The van der Waals surface area contributed by atoms with Gasteiger partial charge in [-0.2, -0.15) is 0 Å². The zero-order valence-corrected chi connectivity index (χ0v) is 45.3. The van der Waals surface area contributed by atoms with E-state index in [4.69, 9.17) is 61.6 Å². The van der Waals surface area contributed by atoms with Gasteiger partial charge in [-0.05, 0) is 35.1 Å². The van der Waals surface area contributed by atoms with Crippen LogP contribution < -0.4 is 5.32 Å². The molecule has 0 bridgehead atoms. The van der Waals surface area contributed by atoms with Crippen molar-refractivity contribution in [2.24, 2.45) is 0 Å². The lowest BCUT2D eigenvalue weighted by Gasteiger charge is -2.14. The highest BCUT2D eigenvalue weighted by molar-refractivity contribution is 5.79. The van der Waals surface area contributed by atoms with Gasteiger partial charge in [0, 0.05) is 25.7 Å². The van der Waals surface area contributed by atoms with Gasteiger partial charge < -0.3 is 66.9 Å². The maximum Gasteiger partial charge on any atom is 0.407 e. The van der Waals surface area contributed by atoms with Crippen molar-refractivity contribution < 1.29 is 66.4 Å². The summed E-state index contributed by atoms with van der Waals surface area (Å²) in [5.41, 5.74) is 4.81. The Bertz CT molecular complexity index is 1460. The van der Waals surface area contributed by atoms with Crippen LogP contribution in [0.25, 0.3) is 11.1 Å². The quantitative estimate of drug-likeness (QED) is 0.0626. The molecule has 0 spiro atoms. The first-order valence-corrected chi connectivity index (χ1v) is 28.3. The summed E-state index contributed by atoms with van der Waals surface area (Å²) in [5.74, 6) is 0.0478. The lowest BCUT2D eigenvalue weighted by Crippen LogP contribution is -2.27. The van der Waals surface area contributed by atoms with Gasteiger partial charge in [0.2, 0.25) is 0 Å². The van der Waals surface area contributed by atoms with E-state index in [-0.39, 0.29) is 5.92 Å². The summed E-state index contributed by atoms with van der Waals surface area (Å²) in [7, 11) is 0. The Morgan fingerprint density at radius 2 is 0.603 bits per heavy atom. The van der Waals surface area contributed by atoms with Crippen LogP contribution in [0.4, 0.5) is 4.79 Å². The molecular formula is C58H99NO14. The Kier molecular flexibility index (Phi) is 44.3. The lowest BCUT2D eigenvalue weighted by atomic mass is 9.98. The summed E-state index contributed by atoms with van der Waals surface area (Å²) in [6.07, 6.45) is 22.4. The number of nitrogens with one attached hydrogen (secondary N) is 1. The molecule has 1 aliphatic rings. The van der Waals surface area contributed by atoms with Crippen molar-refractivity contribution in [3.05, 3.63) is 59.7 Å². The predicted molar refractivity (Wildman–Crippen MR) is 287 cm³/mol. The average molecular weight is 1030 g/mol. The third-order valence-corrected chi connectivity index (χ3v) is 12.3. The Labute approximate surface area is 440 Å². The fourth-order valence-electron chi connectivity index (χ4n) is 8.29. The Balaban J connectivity index is 0.880. The van der Waals surface area contributed by atoms with E-state index in [0.717, 1.165) is 13.0 Å². The first-order valence-electron chi connectivity index (χ1n) is 28.3.